The highest BCUT2D eigenvalue weighted by molar-refractivity contribution is 5.89. The van der Waals surface area contributed by atoms with Gasteiger partial charge in [-0.2, -0.15) is 5.53 Å². The van der Waals surface area contributed by atoms with E-state index < -0.39 is 17.1 Å². The first-order valence-electron chi connectivity index (χ1n) is 21.5. The highest BCUT2D eigenvalue weighted by Gasteiger charge is 2.45. The third kappa shape index (κ3) is 9.60. The summed E-state index contributed by atoms with van der Waals surface area (Å²) in [5, 5.41) is 17.6. The van der Waals surface area contributed by atoms with E-state index in [2.05, 4.69) is 79.7 Å². The van der Waals surface area contributed by atoms with Crippen molar-refractivity contribution in [3.63, 3.8) is 0 Å². The van der Waals surface area contributed by atoms with Gasteiger partial charge in [-0.25, -0.2) is 14.8 Å². The maximum atomic E-state index is 14.0. The zero-order valence-electron chi connectivity index (χ0n) is 37.7. The maximum absolute atomic E-state index is 14.0. The van der Waals surface area contributed by atoms with Gasteiger partial charge in [-0.05, 0) is 79.5 Å². The average molecular weight is 860 g/mol. The second-order valence-electron chi connectivity index (χ2n) is 16.0. The molecule has 0 spiro atoms. The quantitative estimate of drug-likeness (QED) is 0.0193. The molecule has 0 saturated carbocycles. The van der Waals surface area contributed by atoms with E-state index in [1.807, 2.05) is 90.8 Å². The molecule has 64 heavy (non-hydrogen) atoms. The second kappa shape index (κ2) is 20.8. The van der Waals surface area contributed by atoms with Crippen LogP contribution in [0, 0.1) is 5.53 Å². The van der Waals surface area contributed by atoms with Gasteiger partial charge >= 0.3 is 5.97 Å². The van der Waals surface area contributed by atoms with Gasteiger partial charge in [0.1, 0.15) is 28.4 Å². The number of aromatic nitrogens is 2. The zero-order valence-corrected chi connectivity index (χ0v) is 37.7. The molecular formula is C53H57N5O6. The number of hydrogen-bond acceptors (Lipinski definition) is 9. The van der Waals surface area contributed by atoms with E-state index in [1.165, 1.54) is 7.11 Å². The van der Waals surface area contributed by atoms with Gasteiger partial charge in [-0.1, -0.05) is 159 Å². The highest BCUT2D eigenvalue weighted by Crippen LogP contribution is 2.48. The normalized spacial score (nSPS) is 12.4. The van der Waals surface area contributed by atoms with Crippen LogP contribution in [0.15, 0.2) is 162 Å². The van der Waals surface area contributed by atoms with E-state index in [0.29, 0.717) is 18.7 Å². The minimum Gasteiger partial charge on any atom is -0.498 e. The summed E-state index contributed by atoms with van der Waals surface area (Å²) in [5.41, 5.74) is 15.3. The maximum Gasteiger partial charge on any atom is 0.357 e. The van der Waals surface area contributed by atoms with Crippen LogP contribution < -0.4 is 0 Å². The molecule has 2 N–H and O–H groups in total. The van der Waals surface area contributed by atoms with Crippen molar-refractivity contribution >= 4 is 18.1 Å². The second-order valence-corrected chi connectivity index (χ2v) is 16.0. The number of aliphatic hydroxyl groups is 1. The fourth-order valence-electron chi connectivity index (χ4n) is 8.11. The molecule has 0 aliphatic carbocycles. The van der Waals surface area contributed by atoms with Crippen LogP contribution in [0.3, 0.4) is 0 Å². The Hall–Kier alpha value is -7.11. The lowest BCUT2D eigenvalue weighted by Crippen LogP contribution is -2.44. The molecule has 0 aliphatic rings. The summed E-state index contributed by atoms with van der Waals surface area (Å²) < 4.78 is 17.7. The molecular weight excluding hydrogens is 803 g/mol. The minimum atomic E-state index is -1.48. The molecule has 0 unspecified atom stereocenters. The summed E-state index contributed by atoms with van der Waals surface area (Å²) in [7, 11) is 1.42. The summed E-state index contributed by atoms with van der Waals surface area (Å²) in [5.74, 6) is 0.211. The molecule has 1 aromatic heterocycles. The van der Waals surface area contributed by atoms with Gasteiger partial charge in [0.05, 0.1) is 12.8 Å². The van der Waals surface area contributed by atoms with Gasteiger partial charge in [-0.3, -0.25) is 4.79 Å². The molecule has 0 aliphatic heterocycles. The van der Waals surface area contributed by atoms with Crippen molar-refractivity contribution in [1.82, 2.24) is 14.6 Å². The number of methoxy groups -OCH3 is 1. The van der Waals surface area contributed by atoms with E-state index in [-0.39, 0.29) is 42.5 Å². The number of nitrogens with zero attached hydrogens (tertiary/aromatic N) is 4. The molecule has 0 atom stereocenters. The number of allylic oxidation sites excluding steroid dienone is 2. The van der Waals surface area contributed by atoms with Gasteiger partial charge in [-0.15, -0.1) is 0 Å². The summed E-state index contributed by atoms with van der Waals surface area (Å²) >= 11 is 0. The van der Waals surface area contributed by atoms with Crippen LogP contribution in [0.2, 0.25) is 0 Å². The number of aryl methyl sites for hydroxylation is 1. The Kier molecular flexibility index (Phi) is 15.1. The van der Waals surface area contributed by atoms with Gasteiger partial charge in [0, 0.05) is 18.5 Å². The topological polar surface area (TPSA) is 139 Å². The third-order valence-electron chi connectivity index (χ3n) is 11.4. The number of nitrogens with one attached hydrogen (secondary N) is 1. The summed E-state index contributed by atoms with van der Waals surface area (Å²) in [4.78, 5) is 30.0. The molecule has 6 aromatic rings. The van der Waals surface area contributed by atoms with Crippen LogP contribution in [0.4, 0.5) is 0 Å². The summed E-state index contributed by atoms with van der Waals surface area (Å²) in [6.07, 6.45) is 2.00. The molecule has 0 saturated heterocycles. The molecule has 5 aromatic carbocycles. The molecule has 0 radical (unpaired) electrons. The van der Waals surface area contributed by atoms with E-state index in [9.17, 15) is 14.7 Å². The first-order chi connectivity index (χ1) is 30.9. The molecule has 1 heterocycles. The van der Waals surface area contributed by atoms with Crippen LogP contribution in [-0.4, -0.2) is 45.8 Å². The Morgan fingerprint density at radius 1 is 0.828 bits per heavy atom. The van der Waals surface area contributed by atoms with Gasteiger partial charge in [0.15, 0.2) is 18.1 Å². The Bertz CT molecular complexity index is 2500. The van der Waals surface area contributed by atoms with E-state index in [4.69, 9.17) is 24.7 Å². The van der Waals surface area contributed by atoms with Gasteiger partial charge < -0.3 is 23.9 Å². The number of carbonyl (C=O) groups is 2. The monoisotopic (exact) mass is 859 g/mol. The van der Waals surface area contributed by atoms with E-state index >= 15 is 0 Å². The van der Waals surface area contributed by atoms with Crippen LogP contribution >= 0.6 is 0 Å². The standard InChI is InChI=1S/C53H57N5O6/c1-8-21-47-55-50(52(5,6)61)49(51(60)63-35-46(64-36-59)38(4)62-7)57(47)34-39-30-32-40(33-31-39)44-28-19-20-29-45(44)48(37(3)9-2)58(56-54)53(41-22-13-10-14-23-41,42-24-15-11-16-25-42)43-26-17-12-18-27-43/h10-20,22-33,36,54,61H,8-9,21,34-35H2,1-7H3/b46-38-,48-37+,56-54?. The van der Waals surface area contributed by atoms with E-state index in [1.54, 1.807) is 25.3 Å². The van der Waals surface area contributed by atoms with Crippen molar-refractivity contribution in [2.75, 3.05) is 13.7 Å². The number of esters is 1. The van der Waals surface area contributed by atoms with Crippen molar-refractivity contribution in [2.24, 2.45) is 5.22 Å². The lowest BCUT2D eigenvalue weighted by Gasteiger charge is -2.44. The molecule has 0 fully saturated rings. The van der Waals surface area contributed by atoms with Crippen molar-refractivity contribution in [3.05, 3.63) is 202 Å². The van der Waals surface area contributed by atoms with Crippen LogP contribution in [0.5, 0.6) is 0 Å². The van der Waals surface area contributed by atoms with Crippen LogP contribution in [0.25, 0.3) is 16.8 Å². The highest BCUT2D eigenvalue weighted by atomic mass is 16.6. The third-order valence-corrected chi connectivity index (χ3v) is 11.4. The van der Waals surface area contributed by atoms with Crippen molar-refractivity contribution in [3.8, 4) is 11.1 Å². The SMILES string of the molecule is CCCc1nc(C(C)(C)O)c(C(=O)OC/C(OC=O)=C(\C)OC)n1Cc1ccc(-c2ccccc2/C(=C(/C)CC)N(N=N)C(c2ccccc2)(c2ccccc2)c2ccccc2)cc1. The molecule has 330 valence electrons. The summed E-state index contributed by atoms with van der Waals surface area (Å²) in [6.45, 7) is 11.1. The van der Waals surface area contributed by atoms with Gasteiger partial charge in [0.2, 0.25) is 0 Å². The first-order valence-corrected chi connectivity index (χ1v) is 21.5. The van der Waals surface area contributed by atoms with Crippen molar-refractivity contribution in [2.45, 2.75) is 78.5 Å². The molecule has 6 rings (SSSR count). The number of ether oxygens (including phenoxy) is 3. The van der Waals surface area contributed by atoms with Crippen molar-refractivity contribution < 1.29 is 28.9 Å². The Balaban J connectivity index is 1.46. The fraction of sp³-hybridized carbons (Fsp3) is 0.264. The smallest absolute Gasteiger partial charge is 0.357 e. The number of benzene rings is 5. The minimum absolute atomic E-state index is 0.0453. The largest absolute Gasteiger partial charge is 0.498 e. The van der Waals surface area contributed by atoms with Crippen LogP contribution in [-0.2, 0) is 43.1 Å². The van der Waals surface area contributed by atoms with Crippen molar-refractivity contribution in [1.29, 1.82) is 5.53 Å². The summed E-state index contributed by atoms with van der Waals surface area (Å²) in [6, 6.07) is 47.1. The number of carbonyl (C=O) groups excluding carboxylic acids is 2. The average Bonchev–Trinajstić information content (AvgIpc) is 3.69. The van der Waals surface area contributed by atoms with E-state index in [0.717, 1.165) is 56.6 Å². The molecule has 0 bridgehead atoms. The number of rotatable bonds is 20. The van der Waals surface area contributed by atoms with Crippen LogP contribution in [0.1, 0.15) is 104 Å². The number of hydrogen-bond donors (Lipinski definition) is 2. The predicted molar refractivity (Wildman–Crippen MR) is 249 cm³/mol. The molecule has 0 amide bonds. The predicted octanol–water partition coefficient (Wildman–Crippen LogP) is 11.4. The molecule has 11 nitrogen and oxygen atoms in total. The first kappa shape index (κ1) is 46.4. The fourth-order valence-corrected chi connectivity index (χ4v) is 8.11. The van der Waals surface area contributed by atoms with Gasteiger partial charge in [0.25, 0.3) is 6.47 Å². The molecule has 11 heteroatoms. The number of imidazole rings is 1. The zero-order chi connectivity index (χ0) is 45.9. The Morgan fingerprint density at radius 2 is 1.38 bits per heavy atom. The lowest BCUT2D eigenvalue weighted by atomic mass is 9.75. The Labute approximate surface area is 376 Å². The Morgan fingerprint density at radius 3 is 1.86 bits per heavy atom. The lowest BCUT2D eigenvalue weighted by molar-refractivity contribution is -0.126.